The maximum atomic E-state index is 12.0. The molecule has 0 bridgehead atoms. The van der Waals surface area contributed by atoms with Crippen LogP contribution in [0.2, 0.25) is 0 Å². The predicted octanol–water partition coefficient (Wildman–Crippen LogP) is 2.25. The summed E-state index contributed by atoms with van der Waals surface area (Å²) in [4.78, 5) is 13.8. The number of amides is 2. The molecule has 1 aromatic carbocycles. The Hall–Kier alpha value is -1.07. The third-order valence-corrected chi connectivity index (χ3v) is 4.14. The third-order valence-electron chi connectivity index (χ3n) is 3.42. The highest BCUT2D eigenvalue weighted by molar-refractivity contribution is 9.10. The smallest absolute Gasteiger partial charge is 0.318 e. The number of nitrogens with two attached hydrogens (primary N) is 1. The molecule has 4 nitrogen and oxygen atoms in total. The van der Waals surface area contributed by atoms with Crippen molar-refractivity contribution in [3.63, 3.8) is 0 Å². The van der Waals surface area contributed by atoms with E-state index in [4.69, 9.17) is 5.73 Å². The van der Waals surface area contributed by atoms with Crippen molar-refractivity contribution in [3.05, 3.63) is 34.3 Å². The number of rotatable bonds is 3. The molecule has 1 fully saturated rings. The van der Waals surface area contributed by atoms with E-state index < -0.39 is 0 Å². The van der Waals surface area contributed by atoms with E-state index in [1.165, 1.54) is 0 Å². The fraction of sp³-hybridized carbons (Fsp3) is 0.462. The summed E-state index contributed by atoms with van der Waals surface area (Å²) in [6.07, 6.45) is 0. The minimum Gasteiger partial charge on any atom is -0.329 e. The lowest BCUT2D eigenvalue weighted by atomic mass is 10.0. The molecule has 0 saturated carbocycles. The number of nitrogens with one attached hydrogen (secondary N) is 1. The Balaban J connectivity index is 2.22. The van der Waals surface area contributed by atoms with Gasteiger partial charge in [0.1, 0.15) is 0 Å². The van der Waals surface area contributed by atoms with Crippen LogP contribution < -0.4 is 11.1 Å². The summed E-state index contributed by atoms with van der Waals surface area (Å²) < 4.78 is 1.02. The van der Waals surface area contributed by atoms with E-state index in [-0.39, 0.29) is 17.6 Å². The fourth-order valence-electron chi connectivity index (χ4n) is 2.10. The van der Waals surface area contributed by atoms with Crippen LogP contribution in [0.5, 0.6) is 0 Å². The van der Waals surface area contributed by atoms with Crippen molar-refractivity contribution in [3.8, 4) is 0 Å². The SMILES string of the molecule is CC(C)(CN)N1CC(c2ccccc2Br)NC1=O. The van der Waals surface area contributed by atoms with Crippen LogP contribution in [0.15, 0.2) is 28.7 Å². The molecule has 0 spiro atoms. The van der Waals surface area contributed by atoms with Gasteiger partial charge in [-0.05, 0) is 25.5 Å². The van der Waals surface area contributed by atoms with Crippen LogP contribution in [0.3, 0.4) is 0 Å². The monoisotopic (exact) mass is 311 g/mol. The first kappa shape index (κ1) is 13.4. The van der Waals surface area contributed by atoms with Gasteiger partial charge in [-0.25, -0.2) is 4.79 Å². The topological polar surface area (TPSA) is 58.4 Å². The molecule has 0 radical (unpaired) electrons. The van der Waals surface area contributed by atoms with E-state index in [0.29, 0.717) is 13.1 Å². The number of hydrogen-bond acceptors (Lipinski definition) is 2. The van der Waals surface area contributed by atoms with E-state index >= 15 is 0 Å². The van der Waals surface area contributed by atoms with Crippen molar-refractivity contribution in [2.75, 3.05) is 13.1 Å². The standard InChI is InChI=1S/C13H18BrN3O/c1-13(2,8-15)17-7-11(16-12(17)18)9-5-3-4-6-10(9)14/h3-6,11H,7-8,15H2,1-2H3,(H,16,18). The maximum Gasteiger partial charge on any atom is 0.318 e. The molecule has 1 unspecified atom stereocenters. The normalized spacial score (nSPS) is 20.1. The van der Waals surface area contributed by atoms with E-state index in [2.05, 4.69) is 21.2 Å². The van der Waals surface area contributed by atoms with Gasteiger partial charge in [0.25, 0.3) is 0 Å². The van der Waals surface area contributed by atoms with Crippen LogP contribution in [-0.4, -0.2) is 29.6 Å². The summed E-state index contributed by atoms with van der Waals surface area (Å²) in [6.45, 7) is 5.05. The molecule has 1 aliphatic rings. The zero-order valence-corrected chi connectivity index (χ0v) is 12.2. The number of carbonyl (C=O) groups excluding carboxylic acids is 1. The number of hydrogen-bond donors (Lipinski definition) is 2. The molecule has 0 aliphatic carbocycles. The highest BCUT2D eigenvalue weighted by atomic mass is 79.9. The highest BCUT2D eigenvalue weighted by Crippen LogP contribution is 2.30. The van der Waals surface area contributed by atoms with E-state index in [1.54, 1.807) is 4.90 Å². The van der Waals surface area contributed by atoms with Crippen LogP contribution >= 0.6 is 15.9 Å². The lowest BCUT2D eigenvalue weighted by molar-refractivity contribution is 0.163. The lowest BCUT2D eigenvalue weighted by Gasteiger charge is -2.33. The van der Waals surface area contributed by atoms with Gasteiger partial charge in [-0.2, -0.15) is 0 Å². The van der Waals surface area contributed by atoms with Crippen molar-refractivity contribution in [2.45, 2.75) is 25.4 Å². The number of halogens is 1. The third kappa shape index (κ3) is 2.37. The Bertz CT molecular complexity index is 461. The van der Waals surface area contributed by atoms with Crippen LogP contribution in [0.4, 0.5) is 4.79 Å². The van der Waals surface area contributed by atoms with Crippen LogP contribution in [0.1, 0.15) is 25.5 Å². The zero-order chi connectivity index (χ0) is 13.3. The minimum absolute atomic E-state index is 0.0129. The molecule has 5 heteroatoms. The molecule has 1 aliphatic heterocycles. The molecule has 1 heterocycles. The van der Waals surface area contributed by atoms with E-state index in [0.717, 1.165) is 10.0 Å². The second-order valence-electron chi connectivity index (χ2n) is 5.15. The van der Waals surface area contributed by atoms with Gasteiger partial charge in [0.2, 0.25) is 0 Å². The van der Waals surface area contributed by atoms with Crippen LogP contribution in [0.25, 0.3) is 0 Å². The lowest BCUT2D eigenvalue weighted by Crippen LogP contribution is -2.50. The van der Waals surface area contributed by atoms with Gasteiger partial charge >= 0.3 is 6.03 Å². The number of urea groups is 1. The van der Waals surface area contributed by atoms with Crippen LogP contribution in [0, 0.1) is 0 Å². The first-order valence-corrected chi connectivity index (χ1v) is 6.77. The summed E-state index contributed by atoms with van der Waals surface area (Å²) in [5.74, 6) is 0. The Morgan fingerprint density at radius 3 is 2.78 bits per heavy atom. The average Bonchev–Trinajstić information content (AvgIpc) is 2.72. The zero-order valence-electron chi connectivity index (χ0n) is 10.6. The second kappa shape index (κ2) is 4.90. The molecule has 98 valence electrons. The van der Waals surface area contributed by atoms with Crippen molar-refractivity contribution in [2.24, 2.45) is 5.73 Å². The summed E-state index contributed by atoms with van der Waals surface area (Å²) >= 11 is 3.52. The summed E-state index contributed by atoms with van der Waals surface area (Å²) in [5.41, 5.74) is 6.51. The highest BCUT2D eigenvalue weighted by Gasteiger charge is 2.38. The molecule has 1 aromatic rings. The van der Waals surface area contributed by atoms with Gasteiger partial charge < -0.3 is 16.0 Å². The van der Waals surface area contributed by atoms with E-state index in [1.807, 2.05) is 38.1 Å². The average molecular weight is 312 g/mol. The molecule has 18 heavy (non-hydrogen) atoms. The van der Waals surface area contributed by atoms with Gasteiger partial charge in [-0.1, -0.05) is 34.1 Å². The molecule has 2 rings (SSSR count). The van der Waals surface area contributed by atoms with Crippen molar-refractivity contribution < 1.29 is 4.79 Å². The first-order valence-electron chi connectivity index (χ1n) is 5.98. The summed E-state index contributed by atoms with van der Waals surface area (Å²) in [6, 6.07) is 7.91. The van der Waals surface area contributed by atoms with E-state index in [9.17, 15) is 4.79 Å². The van der Waals surface area contributed by atoms with Gasteiger partial charge in [-0.15, -0.1) is 0 Å². The molecular weight excluding hydrogens is 294 g/mol. The Kier molecular flexibility index (Phi) is 3.64. The molecule has 1 atom stereocenters. The fourth-order valence-corrected chi connectivity index (χ4v) is 2.67. The molecule has 1 saturated heterocycles. The molecule has 0 aromatic heterocycles. The minimum atomic E-state index is -0.319. The largest absolute Gasteiger partial charge is 0.329 e. The number of carbonyl (C=O) groups is 1. The maximum absolute atomic E-state index is 12.0. The number of nitrogens with zero attached hydrogens (tertiary/aromatic N) is 1. The molecule has 2 amide bonds. The molecular formula is C13H18BrN3O. The van der Waals surface area contributed by atoms with Gasteiger partial charge in [0.05, 0.1) is 11.6 Å². The van der Waals surface area contributed by atoms with Crippen LogP contribution in [-0.2, 0) is 0 Å². The summed E-state index contributed by atoms with van der Waals surface area (Å²) in [7, 11) is 0. The van der Waals surface area contributed by atoms with Crippen molar-refractivity contribution in [1.82, 2.24) is 10.2 Å². The quantitative estimate of drug-likeness (QED) is 0.899. The van der Waals surface area contributed by atoms with Gasteiger partial charge in [-0.3, -0.25) is 0 Å². The number of benzene rings is 1. The Morgan fingerprint density at radius 2 is 2.17 bits per heavy atom. The predicted molar refractivity (Wildman–Crippen MR) is 75.3 cm³/mol. The van der Waals surface area contributed by atoms with Crippen molar-refractivity contribution in [1.29, 1.82) is 0 Å². The van der Waals surface area contributed by atoms with Crippen molar-refractivity contribution >= 4 is 22.0 Å². The Labute approximate surface area is 116 Å². The second-order valence-corrected chi connectivity index (χ2v) is 6.01. The first-order chi connectivity index (χ1) is 8.45. The Morgan fingerprint density at radius 1 is 1.50 bits per heavy atom. The summed E-state index contributed by atoms with van der Waals surface area (Å²) in [5, 5.41) is 3.00. The van der Waals surface area contributed by atoms with Gasteiger partial charge in [0, 0.05) is 17.6 Å². The van der Waals surface area contributed by atoms with Gasteiger partial charge in [0.15, 0.2) is 0 Å². The molecule has 3 N–H and O–H groups in total.